The number of aryl methyl sites for hydroxylation is 1. The van der Waals surface area contributed by atoms with Crippen molar-refractivity contribution in [1.82, 2.24) is 4.98 Å². The molecule has 0 aliphatic rings. The van der Waals surface area contributed by atoms with Gasteiger partial charge in [-0.05, 0) is 41.9 Å². The molecule has 112 valence electrons. The van der Waals surface area contributed by atoms with Gasteiger partial charge in [0.25, 0.3) is 0 Å². The Kier molecular flexibility index (Phi) is 5.07. The maximum absolute atomic E-state index is 5.43. The Morgan fingerprint density at radius 3 is 2.62 bits per heavy atom. The van der Waals surface area contributed by atoms with Gasteiger partial charge in [-0.25, -0.2) is 0 Å². The monoisotopic (exact) mass is 350 g/mol. The minimum Gasteiger partial charge on any atom is -0.496 e. The van der Waals surface area contributed by atoms with Crippen LogP contribution in [-0.2, 0) is 6.54 Å². The van der Waals surface area contributed by atoms with E-state index in [0.29, 0.717) is 6.54 Å². The second-order valence-electron chi connectivity index (χ2n) is 4.75. The minimum atomic E-state index is 0.632. The molecule has 0 aliphatic carbocycles. The smallest absolute Gasteiger partial charge is 0.135 e. The van der Waals surface area contributed by atoms with Gasteiger partial charge in [-0.3, -0.25) is 4.98 Å². The average molecular weight is 351 g/mol. The van der Waals surface area contributed by atoms with Crippen molar-refractivity contribution in [3.8, 4) is 11.5 Å². The molecule has 0 bridgehead atoms. The lowest BCUT2D eigenvalue weighted by Gasteiger charge is -2.14. The standard InChI is InChI=1S/C16H19BrN2O2/c1-10-8-19-14(11(2)16(10)21-4)9-18-12-5-6-13(17)15(7-12)20-3/h5-8,18H,9H2,1-4H3. The molecule has 0 saturated carbocycles. The van der Waals surface area contributed by atoms with Crippen LogP contribution in [0.3, 0.4) is 0 Å². The van der Waals surface area contributed by atoms with Crippen molar-refractivity contribution in [1.29, 1.82) is 0 Å². The number of ether oxygens (including phenoxy) is 2. The molecule has 0 unspecified atom stereocenters. The molecule has 0 atom stereocenters. The third-order valence-corrected chi connectivity index (χ3v) is 4.02. The molecule has 1 N–H and O–H groups in total. The molecule has 0 radical (unpaired) electrons. The lowest BCUT2D eigenvalue weighted by Crippen LogP contribution is -2.06. The van der Waals surface area contributed by atoms with Crippen LogP contribution in [0.1, 0.15) is 16.8 Å². The van der Waals surface area contributed by atoms with E-state index in [2.05, 4.69) is 26.2 Å². The van der Waals surface area contributed by atoms with Crippen molar-refractivity contribution in [3.05, 3.63) is 45.7 Å². The summed E-state index contributed by atoms with van der Waals surface area (Å²) in [5, 5.41) is 3.36. The fraction of sp³-hybridized carbons (Fsp3) is 0.312. The summed E-state index contributed by atoms with van der Waals surface area (Å²) in [6.45, 7) is 4.65. The first kappa shape index (κ1) is 15.6. The number of hydrogen-bond acceptors (Lipinski definition) is 4. The Morgan fingerprint density at radius 2 is 1.95 bits per heavy atom. The SMILES string of the molecule is COc1cc(NCc2ncc(C)c(OC)c2C)ccc1Br. The third kappa shape index (κ3) is 3.47. The van der Waals surface area contributed by atoms with Crippen LogP contribution in [0.2, 0.25) is 0 Å². The minimum absolute atomic E-state index is 0.632. The number of halogens is 1. The zero-order chi connectivity index (χ0) is 15.4. The predicted octanol–water partition coefficient (Wildman–Crippen LogP) is 4.09. The summed E-state index contributed by atoms with van der Waals surface area (Å²) in [4.78, 5) is 4.48. The van der Waals surface area contributed by atoms with Crippen LogP contribution < -0.4 is 14.8 Å². The van der Waals surface area contributed by atoms with Crippen LogP contribution in [0.15, 0.2) is 28.9 Å². The highest BCUT2D eigenvalue weighted by atomic mass is 79.9. The van der Waals surface area contributed by atoms with Crippen molar-refractivity contribution in [2.75, 3.05) is 19.5 Å². The fourth-order valence-corrected chi connectivity index (χ4v) is 2.61. The van der Waals surface area contributed by atoms with Gasteiger partial charge in [0.2, 0.25) is 0 Å². The first-order valence-electron chi connectivity index (χ1n) is 6.63. The molecule has 1 heterocycles. The molecule has 1 aromatic carbocycles. The van der Waals surface area contributed by atoms with Crippen LogP contribution in [0.5, 0.6) is 11.5 Å². The number of benzene rings is 1. The van der Waals surface area contributed by atoms with E-state index in [-0.39, 0.29) is 0 Å². The lowest BCUT2D eigenvalue weighted by molar-refractivity contribution is 0.407. The molecular formula is C16H19BrN2O2. The summed E-state index contributed by atoms with van der Waals surface area (Å²) >= 11 is 3.44. The Balaban J connectivity index is 2.17. The largest absolute Gasteiger partial charge is 0.496 e. The number of rotatable bonds is 5. The van der Waals surface area contributed by atoms with Gasteiger partial charge in [0.15, 0.2) is 0 Å². The number of nitrogens with zero attached hydrogens (tertiary/aromatic N) is 1. The number of aromatic nitrogens is 1. The van der Waals surface area contributed by atoms with Crippen molar-refractivity contribution < 1.29 is 9.47 Å². The van der Waals surface area contributed by atoms with Crippen LogP contribution in [0.25, 0.3) is 0 Å². The molecule has 1 aromatic heterocycles. The van der Waals surface area contributed by atoms with E-state index >= 15 is 0 Å². The highest BCUT2D eigenvalue weighted by molar-refractivity contribution is 9.10. The van der Waals surface area contributed by atoms with Crippen molar-refractivity contribution in [2.24, 2.45) is 0 Å². The van der Waals surface area contributed by atoms with Crippen molar-refractivity contribution in [3.63, 3.8) is 0 Å². The van der Waals surface area contributed by atoms with Gasteiger partial charge < -0.3 is 14.8 Å². The summed E-state index contributed by atoms with van der Waals surface area (Å²) in [7, 11) is 3.34. The van der Waals surface area contributed by atoms with Gasteiger partial charge >= 0.3 is 0 Å². The van der Waals surface area contributed by atoms with E-state index < -0.39 is 0 Å². The lowest BCUT2D eigenvalue weighted by atomic mass is 10.1. The summed E-state index contributed by atoms with van der Waals surface area (Å²) in [5.74, 6) is 1.70. The van der Waals surface area contributed by atoms with E-state index in [4.69, 9.17) is 9.47 Å². The fourth-order valence-electron chi connectivity index (χ4n) is 2.20. The average Bonchev–Trinajstić information content (AvgIpc) is 2.48. The van der Waals surface area contributed by atoms with E-state index in [1.807, 2.05) is 38.2 Å². The topological polar surface area (TPSA) is 43.4 Å². The Bertz CT molecular complexity index is 644. The molecule has 0 amide bonds. The summed E-state index contributed by atoms with van der Waals surface area (Å²) in [6.07, 6.45) is 1.84. The number of pyridine rings is 1. The van der Waals surface area contributed by atoms with Gasteiger partial charge in [-0.15, -0.1) is 0 Å². The van der Waals surface area contributed by atoms with E-state index in [1.54, 1.807) is 14.2 Å². The number of hydrogen-bond donors (Lipinski definition) is 1. The van der Waals surface area contributed by atoms with Crippen LogP contribution >= 0.6 is 15.9 Å². The highest BCUT2D eigenvalue weighted by Gasteiger charge is 2.09. The van der Waals surface area contributed by atoms with Crippen LogP contribution in [-0.4, -0.2) is 19.2 Å². The Labute approximate surface area is 133 Å². The van der Waals surface area contributed by atoms with Gasteiger partial charge in [-0.1, -0.05) is 0 Å². The first-order chi connectivity index (χ1) is 10.1. The predicted molar refractivity (Wildman–Crippen MR) is 88.3 cm³/mol. The normalized spacial score (nSPS) is 10.3. The summed E-state index contributed by atoms with van der Waals surface area (Å²) in [6, 6.07) is 5.90. The van der Waals surface area contributed by atoms with E-state index in [1.165, 1.54) is 0 Å². The van der Waals surface area contributed by atoms with E-state index in [9.17, 15) is 0 Å². The molecule has 21 heavy (non-hydrogen) atoms. The second kappa shape index (κ2) is 6.80. The molecule has 0 fully saturated rings. The number of nitrogens with one attached hydrogen (secondary N) is 1. The van der Waals surface area contributed by atoms with E-state index in [0.717, 1.165) is 38.5 Å². The van der Waals surface area contributed by atoms with Gasteiger partial charge in [0, 0.05) is 29.1 Å². The van der Waals surface area contributed by atoms with Gasteiger partial charge in [-0.2, -0.15) is 0 Å². The zero-order valence-corrected chi connectivity index (χ0v) is 14.2. The number of methoxy groups -OCH3 is 2. The number of anilines is 1. The Morgan fingerprint density at radius 1 is 1.19 bits per heavy atom. The van der Waals surface area contributed by atoms with Crippen LogP contribution in [0, 0.1) is 13.8 Å². The zero-order valence-electron chi connectivity index (χ0n) is 12.7. The second-order valence-corrected chi connectivity index (χ2v) is 5.60. The molecule has 0 saturated heterocycles. The molecule has 0 aliphatic heterocycles. The molecular weight excluding hydrogens is 332 g/mol. The summed E-state index contributed by atoms with van der Waals surface area (Å²) < 4.78 is 11.7. The van der Waals surface area contributed by atoms with Crippen LogP contribution in [0.4, 0.5) is 5.69 Å². The first-order valence-corrected chi connectivity index (χ1v) is 7.42. The maximum Gasteiger partial charge on any atom is 0.135 e. The van der Waals surface area contributed by atoms with Gasteiger partial charge in [0.05, 0.1) is 30.9 Å². The molecule has 0 spiro atoms. The Hall–Kier alpha value is -1.75. The molecule has 2 rings (SSSR count). The third-order valence-electron chi connectivity index (χ3n) is 3.36. The van der Waals surface area contributed by atoms with Crippen molar-refractivity contribution in [2.45, 2.75) is 20.4 Å². The van der Waals surface area contributed by atoms with Gasteiger partial charge in [0.1, 0.15) is 11.5 Å². The molecule has 5 heteroatoms. The highest BCUT2D eigenvalue weighted by Crippen LogP contribution is 2.29. The van der Waals surface area contributed by atoms with Crippen molar-refractivity contribution >= 4 is 21.6 Å². The molecule has 2 aromatic rings. The quantitative estimate of drug-likeness (QED) is 0.881. The maximum atomic E-state index is 5.43. The molecule has 4 nitrogen and oxygen atoms in total. The summed E-state index contributed by atoms with van der Waals surface area (Å²) in [5.41, 5.74) is 4.06.